The van der Waals surface area contributed by atoms with E-state index in [9.17, 15) is 4.79 Å². The molecule has 0 bridgehead atoms. The molecule has 17 heavy (non-hydrogen) atoms. The fourth-order valence-electron chi connectivity index (χ4n) is 1.73. The Hall–Kier alpha value is -0.980. The highest BCUT2D eigenvalue weighted by Crippen LogP contribution is 2.14. The van der Waals surface area contributed by atoms with Crippen LogP contribution in [0.3, 0.4) is 0 Å². The topological polar surface area (TPSA) is 62.7 Å². The number of hydrogen-bond donors (Lipinski definition) is 1. The van der Waals surface area contributed by atoms with Crippen LogP contribution in [0.15, 0.2) is 22.9 Å². The van der Waals surface area contributed by atoms with Crippen molar-refractivity contribution in [1.82, 2.24) is 9.88 Å². The largest absolute Gasteiger partial charge is 0.394 e. The molecular formula is C11H13BrN2O3. The van der Waals surface area contributed by atoms with Crippen LogP contribution in [0.1, 0.15) is 10.4 Å². The average Bonchev–Trinajstić information content (AvgIpc) is 2.38. The van der Waals surface area contributed by atoms with Gasteiger partial charge in [-0.25, -0.2) is 0 Å². The minimum atomic E-state index is -0.284. The standard InChI is InChI=1S/C11H13BrN2O3/c12-9-3-8(4-13-5-9)11(16)14-1-2-17-10(6-14)7-15/h3-5,10,15H,1-2,6-7H2. The van der Waals surface area contributed by atoms with Crippen molar-refractivity contribution in [2.24, 2.45) is 0 Å². The molecule has 1 saturated heterocycles. The van der Waals surface area contributed by atoms with E-state index in [1.807, 2.05) is 0 Å². The van der Waals surface area contributed by atoms with Crippen LogP contribution in [0.2, 0.25) is 0 Å². The summed E-state index contributed by atoms with van der Waals surface area (Å²) in [6, 6.07) is 1.73. The Morgan fingerprint density at radius 1 is 1.65 bits per heavy atom. The van der Waals surface area contributed by atoms with E-state index in [2.05, 4.69) is 20.9 Å². The van der Waals surface area contributed by atoms with Gasteiger partial charge in [0.25, 0.3) is 5.91 Å². The molecule has 1 aromatic heterocycles. The Morgan fingerprint density at radius 2 is 2.47 bits per heavy atom. The van der Waals surface area contributed by atoms with Crippen molar-refractivity contribution in [3.05, 3.63) is 28.5 Å². The molecular weight excluding hydrogens is 288 g/mol. The Bertz CT molecular complexity index is 413. The first-order valence-corrected chi connectivity index (χ1v) is 6.12. The van der Waals surface area contributed by atoms with E-state index in [-0.39, 0.29) is 18.6 Å². The SMILES string of the molecule is O=C(c1cncc(Br)c1)N1CCOC(CO)C1. The van der Waals surface area contributed by atoms with E-state index < -0.39 is 0 Å². The second-order valence-electron chi connectivity index (χ2n) is 3.82. The van der Waals surface area contributed by atoms with Crippen LogP contribution < -0.4 is 0 Å². The van der Waals surface area contributed by atoms with Crippen molar-refractivity contribution in [2.75, 3.05) is 26.3 Å². The first-order chi connectivity index (χ1) is 8.20. The second-order valence-corrected chi connectivity index (χ2v) is 4.73. The lowest BCUT2D eigenvalue weighted by molar-refractivity contribution is -0.0447. The molecule has 1 fully saturated rings. The molecule has 5 nitrogen and oxygen atoms in total. The summed E-state index contributed by atoms with van der Waals surface area (Å²) in [5.74, 6) is -0.0828. The molecule has 92 valence electrons. The maximum Gasteiger partial charge on any atom is 0.255 e. The summed E-state index contributed by atoms with van der Waals surface area (Å²) in [4.78, 5) is 17.8. The lowest BCUT2D eigenvalue weighted by Crippen LogP contribution is -2.46. The van der Waals surface area contributed by atoms with Crippen LogP contribution in [0, 0.1) is 0 Å². The van der Waals surface area contributed by atoms with Gasteiger partial charge in [-0.2, -0.15) is 0 Å². The number of aliphatic hydroxyl groups excluding tert-OH is 1. The summed E-state index contributed by atoms with van der Waals surface area (Å²) in [7, 11) is 0. The average molecular weight is 301 g/mol. The van der Waals surface area contributed by atoms with Crippen LogP contribution in [0.25, 0.3) is 0 Å². The van der Waals surface area contributed by atoms with E-state index in [1.54, 1.807) is 17.2 Å². The first kappa shape index (κ1) is 12.5. The minimum Gasteiger partial charge on any atom is -0.394 e. The van der Waals surface area contributed by atoms with Gasteiger partial charge < -0.3 is 14.7 Å². The normalized spacial score (nSPS) is 20.4. The van der Waals surface area contributed by atoms with Crippen LogP contribution in [-0.4, -0.2) is 53.3 Å². The summed E-state index contributed by atoms with van der Waals surface area (Å²) in [6.45, 7) is 1.35. The molecule has 0 aromatic carbocycles. The summed E-state index contributed by atoms with van der Waals surface area (Å²) < 4.78 is 6.07. The van der Waals surface area contributed by atoms with Crippen molar-refractivity contribution in [3.8, 4) is 0 Å². The lowest BCUT2D eigenvalue weighted by Gasteiger charge is -2.32. The number of morpholine rings is 1. The zero-order chi connectivity index (χ0) is 12.3. The Kier molecular flexibility index (Phi) is 4.09. The molecule has 2 heterocycles. The Morgan fingerprint density at radius 3 is 3.18 bits per heavy atom. The van der Waals surface area contributed by atoms with Crippen LogP contribution in [-0.2, 0) is 4.74 Å². The van der Waals surface area contributed by atoms with Crippen LogP contribution >= 0.6 is 15.9 Å². The summed E-state index contributed by atoms with van der Waals surface area (Å²) in [5.41, 5.74) is 0.540. The van der Waals surface area contributed by atoms with Crippen LogP contribution in [0.5, 0.6) is 0 Å². The molecule has 1 atom stereocenters. The summed E-state index contributed by atoms with van der Waals surface area (Å²) in [5, 5.41) is 9.02. The Labute approximate surface area is 108 Å². The zero-order valence-corrected chi connectivity index (χ0v) is 10.8. The van der Waals surface area contributed by atoms with Gasteiger partial charge in [-0.15, -0.1) is 0 Å². The fraction of sp³-hybridized carbons (Fsp3) is 0.455. The maximum atomic E-state index is 12.1. The number of nitrogens with zero attached hydrogens (tertiary/aromatic N) is 2. The van der Waals surface area contributed by atoms with Gasteiger partial charge in [0.1, 0.15) is 0 Å². The molecule has 1 aliphatic heterocycles. The van der Waals surface area contributed by atoms with Gasteiger partial charge in [0, 0.05) is 30.0 Å². The van der Waals surface area contributed by atoms with E-state index >= 15 is 0 Å². The van der Waals surface area contributed by atoms with Gasteiger partial charge >= 0.3 is 0 Å². The third kappa shape index (κ3) is 3.02. The molecule has 6 heteroatoms. The van der Waals surface area contributed by atoms with Gasteiger partial charge in [0.05, 0.1) is 24.9 Å². The van der Waals surface area contributed by atoms with Gasteiger partial charge in [0.2, 0.25) is 0 Å². The van der Waals surface area contributed by atoms with E-state index in [1.165, 1.54) is 6.20 Å². The predicted molar refractivity (Wildman–Crippen MR) is 64.7 cm³/mol. The number of hydrogen-bond acceptors (Lipinski definition) is 4. The van der Waals surface area contributed by atoms with Crippen LogP contribution in [0.4, 0.5) is 0 Å². The number of aliphatic hydroxyl groups is 1. The van der Waals surface area contributed by atoms with Gasteiger partial charge in [-0.3, -0.25) is 9.78 Å². The molecule has 0 saturated carbocycles. The summed E-state index contributed by atoms with van der Waals surface area (Å²) >= 11 is 3.28. The third-order valence-corrected chi connectivity index (χ3v) is 3.02. The highest BCUT2D eigenvalue weighted by Gasteiger charge is 2.24. The van der Waals surface area contributed by atoms with Gasteiger partial charge in [0.15, 0.2) is 0 Å². The number of aromatic nitrogens is 1. The Balaban J connectivity index is 2.09. The van der Waals surface area contributed by atoms with Crippen molar-refractivity contribution < 1.29 is 14.6 Å². The molecule has 1 unspecified atom stereocenters. The van der Waals surface area contributed by atoms with Crippen molar-refractivity contribution in [2.45, 2.75) is 6.10 Å². The van der Waals surface area contributed by atoms with E-state index in [0.717, 1.165) is 4.47 Å². The first-order valence-electron chi connectivity index (χ1n) is 5.33. The molecule has 1 aromatic rings. The number of carbonyl (C=O) groups excluding carboxylic acids is 1. The molecule has 1 amide bonds. The predicted octanol–water partition coefficient (Wildman–Crippen LogP) is 0.677. The summed E-state index contributed by atoms with van der Waals surface area (Å²) in [6.07, 6.45) is 2.89. The van der Waals surface area contributed by atoms with E-state index in [4.69, 9.17) is 9.84 Å². The van der Waals surface area contributed by atoms with Crippen molar-refractivity contribution >= 4 is 21.8 Å². The highest BCUT2D eigenvalue weighted by molar-refractivity contribution is 9.10. The lowest BCUT2D eigenvalue weighted by atomic mass is 10.2. The zero-order valence-electron chi connectivity index (χ0n) is 9.17. The molecule has 0 radical (unpaired) electrons. The number of halogens is 1. The maximum absolute atomic E-state index is 12.1. The number of carbonyl (C=O) groups is 1. The van der Waals surface area contributed by atoms with Crippen molar-refractivity contribution in [1.29, 1.82) is 0 Å². The molecule has 0 spiro atoms. The number of rotatable bonds is 2. The number of pyridine rings is 1. The minimum absolute atomic E-state index is 0.0689. The smallest absolute Gasteiger partial charge is 0.255 e. The molecule has 2 rings (SSSR count). The monoisotopic (exact) mass is 300 g/mol. The van der Waals surface area contributed by atoms with Gasteiger partial charge in [-0.1, -0.05) is 0 Å². The highest BCUT2D eigenvalue weighted by atomic mass is 79.9. The fourth-order valence-corrected chi connectivity index (χ4v) is 2.09. The molecule has 1 aliphatic rings. The third-order valence-electron chi connectivity index (χ3n) is 2.58. The quantitative estimate of drug-likeness (QED) is 0.872. The molecule has 0 aliphatic carbocycles. The van der Waals surface area contributed by atoms with Gasteiger partial charge in [-0.05, 0) is 22.0 Å². The van der Waals surface area contributed by atoms with Crippen molar-refractivity contribution in [3.63, 3.8) is 0 Å². The second kappa shape index (κ2) is 5.57. The van der Waals surface area contributed by atoms with E-state index in [0.29, 0.717) is 25.3 Å². The number of ether oxygens (including phenoxy) is 1. The number of amides is 1. The molecule has 1 N–H and O–H groups in total.